The maximum absolute atomic E-state index is 14.5. The minimum absolute atomic E-state index is 0.266. The molecular formula is C27H31FN4O4. The van der Waals surface area contributed by atoms with E-state index >= 15 is 0 Å². The molecule has 1 atom stereocenters. The van der Waals surface area contributed by atoms with Gasteiger partial charge in [-0.15, -0.1) is 0 Å². The van der Waals surface area contributed by atoms with Crippen molar-refractivity contribution in [1.29, 1.82) is 0 Å². The largest absolute Gasteiger partial charge is 0.480 e. The van der Waals surface area contributed by atoms with Crippen molar-refractivity contribution < 1.29 is 23.4 Å². The van der Waals surface area contributed by atoms with Gasteiger partial charge in [0.05, 0.1) is 23.3 Å². The van der Waals surface area contributed by atoms with E-state index in [4.69, 9.17) is 14.2 Å². The van der Waals surface area contributed by atoms with Crippen LogP contribution in [0.3, 0.4) is 0 Å². The topological polar surface area (TPSA) is 87.5 Å². The molecule has 0 saturated carbocycles. The molecule has 1 aromatic carbocycles. The minimum Gasteiger partial charge on any atom is -0.480 e. The van der Waals surface area contributed by atoms with E-state index in [1.54, 1.807) is 18.0 Å². The molecule has 4 heterocycles. The Bertz CT molecular complexity index is 1280. The molecule has 9 heteroatoms. The first-order chi connectivity index (χ1) is 17.3. The van der Waals surface area contributed by atoms with Gasteiger partial charge in [-0.3, -0.25) is 14.5 Å². The van der Waals surface area contributed by atoms with E-state index < -0.39 is 11.7 Å². The maximum Gasteiger partial charge on any atom is 0.265 e. The van der Waals surface area contributed by atoms with Crippen molar-refractivity contribution in [2.75, 3.05) is 25.6 Å². The molecule has 0 spiro atoms. The van der Waals surface area contributed by atoms with Gasteiger partial charge >= 0.3 is 0 Å². The first-order valence-corrected chi connectivity index (χ1v) is 12.2. The molecular weight excluding hydrogens is 463 g/mol. The number of nitrogens with zero attached hydrogens (tertiary/aromatic N) is 3. The van der Waals surface area contributed by atoms with Gasteiger partial charge in [-0.25, -0.2) is 4.39 Å². The van der Waals surface area contributed by atoms with Crippen LogP contribution in [0.4, 0.5) is 10.1 Å². The van der Waals surface area contributed by atoms with Crippen LogP contribution >= 0.6 is 0 Å². The van der Waals surface area contributed by atoms with Crippen LogP contribution in [0.2, 0.25) is 0 Å². The predicted octanol–water partition coefficient (Wildman–Crippen LogP) is 4.22. The molecule has 0 bridgehead atoms. The predicted molar refractivity (Wildman–Crippen MR) is 132 cm³/mol. The summed E-state index contributed by atoms with van der Waals surface area (Å²) in [5.74, 6) is -0.0583. The lowest BCUT2D eigenvalue weighted by Crippen LogP contribution is -2.37. The van der Waals surface area contributed by atoms with Crippen LogP contribution in [0.25, 0.3) is 11.1 Å². The highest BCUT2D eigenvalue weighted by molar-refractivity contribution is 5.94. The average Bonchev–Trinajstić information content (AvgIpc) is 3.14. The lowest BCUT2D eigenvalue weighted by molar-refractivity contribution is -0.123. The van der Waals surface area contributed by atoms with Crippen LogP contribution in [0.5, 0.6) is 5.75 Å². The van der Waals surface area contributed by atoms with Gasteiger partial charge in [0.25, 0.3) is 5.91 Å². The monoisotopic (exact) mass is 494 g/mol. The van der Waals surface area contributed by atoms with Crippen molar-refractivity contribution in [3.63, 3.8) is 0 Å². The van der Waals surface area contributed by atoms with E-state index in [1.807, 2.05) is 33.0 Å². The number of nitrogens with one attached hydrogen (secondary N) is 1. The number of aromatic nitrogens is 3. The fraction of sp³-hybridized carbons (Fsp3) is 0.444. The molecule has 1 fully saturated rings. The number of ether oxygens (including phenoxy) is 3. The number of rotatable bonds is 5. The highest BCUT2D eigenvalue weighted by Crippen LogP contribution is 2.41. The second-order valence-corrected chi connectivity index (χ2v) is 9.49. The van der Waals surface area contributed by atoms with Gasteiger partial charge in [0.2, 0.25) is 0 Å². The molecule has 8 nitrogen and oxygen atoms in total. The van der Waals surface area contributed by atoms with Crippen LogP contribution in [0.1, 0.15) is 41.9 Å². The smallest absolute Gasteiger partial charge is 0.265 e. The molecule has 2 aliphatic rings. The van der Waals surface area contributed by atoms with Crippen LogP contribution in [-0.2, 0) is 33.3 Å². The van der Waals surface area contributed by atoms with Crippen molar-refractivity contribution in [1.82, 2.24) is 14.8 Å². The second-order valence-electron chi connectivity index (χ2n) is 9.49. The Kier molecular flexibility index (Phi) is 6.53. The molecule has 0 aliphatic carbocycles. The van der Waals surface area contributed by atoms with Gasteiger partial charge in [-0.2, -0.15) is 5.10 Å². The van der Waals surface area contributed by atoms with Crippen molar-refractivity contribution in [3.05, 3.63) is 58.9 Å². The zero-order valence-corrected chi connectivity index (χ0v) is 21.1. The van der Waals surface area contributed by atoms with Crippen LogP contribution in [0.15, 0.2) is 30.5 Å². The van der Waals surface area contributed by atoms with Gasteiger partial charge in [-0.1, -0.05) is 0 Å². The third kappa shape index (κ3) is 4.37. The third-order valence-corrected chi connectivity index (χ3v) is 7.33. The molecule has 1 saturated heterocycles. The number of pyridine rings is 1. The summed E-state index contributed by atoms with van der Waals surface area (Å²) in [5, 5.41) is 7.38. The average molecular weight is 495 g/mol. The lowest BCUT2D eigenvalue weighted by Gasteiger charge is -2.35. The summed E-state index contributed by atoms with van der Waals surface area (Å²) < 4.78 is 33.7. The molecule has 5 rings (SSSR count). The summed E-state index contributed by atoms with van der Waals surface area (Å²) in [6.07, 6.45) is 3.38. The number of halogens is 1. The highest BCUT2D eigenvalue weighted by Gasteiger charge is 2.36. The fourth-order valence-electron chi connectivity index (χ4n) is 5.22. The summed E-state index contributed by atoms with van der Waals surface area (Å²) in [7, 11) is 3.54. The minimum atomic E-state index is -0.709. The van der Waals surface area contributed by atoms with E-state index in [-0.39, 0.29) is 11.7 Å². The third-order valence-electron chi connectivity index (χ3n) is 7.33. The Labute approximate surface area is 209 Å². The van der Waals surface area contributed by atoms with Crippen LogP contribution in [-0.4, -0.2) is 47.1 Å². The zero-order chi connectivity index (χ0) is 25.4. The van der Waals surface area contributed by atoms with Crippen molar-refractivity contribution in [2.45, 2.75) is 51.2 Å². The maximum atomic E-state index is 14.5. The van der Waals surface area contributed by atoms with Gasteiger partial charge in [-0.05, 0) is 56.5 Å². The van der Waals surface area contributed by atoms with Gasteiger partial charge in [0, 0.05) is 57.0 Å². The van der Waals surface area contributed by atoms with Crippen molar-refractivity contribution >= 4 is 11.6 Å². The van der Waals surface area contributed by atoms with Crippen LogP contribution < -0.4 is 10.1 Å². The number of carbonyl (C=O) groups excluding carboxylic acids is 1. The molecule has 2 aliphatic heterocycles. The summed E-state index contributed by atoms with van der Waals surface area (Å²) >= 11 is 0. The summed E-state index contributed by atoms with van der Waals surface area (Å²) in [5.41, 5.74) is 4.82. The Balaban J connectivity index is 1.35. The number of fused-ring (bicyclic) bond motifs is 1. The standard InChI is InChI=1S/C27H31FN4O4/c1-16-24(17(2)32(3)31-16)21-14-19(28)13-18-5-7-22(36-25(18)21)26(33)30-20-6-8-23(29-15-20)27(34-4)9-11-35-12-10-27/h6,8,13-15,22H,5,7,9-12H2,1-4H3,(H,30,33)/t22-/m0/s1. The summed E-state index contributed by atoms with van der Waals surface area (Å²) in [6, 6.07) is 6.66. The number of benzene rings is 1. The zero-order valence-electron chi connectivity index (χ0n) is 21.1. The molecule has 1 N–H and O–H groups in total. The van der Waals surface area contributed by atoms with Crippen molar-refractivity contribution in [3.8, 4) is 16.9 Å². The Morgan fingerprint density at radius 2 is 2.03 bits per heavy atom. The fourth-order valence-corrected chi connectivity index (χ4v) is 5.22. The van der Waals surface area contributed by atoms with E-state index in [2.05, 4.69) is 15.4 Å². The quantitative estimate of drug-likeness (QED) is 0.572. The van der Waals surface area contributed by atoms with Gasteiger partial charge in [0.1, 0.15) is 17.2 Å². The molecule has 36 heavy (non-hydrogen) atoms. The number of anilines is 1. The molecule has 1 amide bonds. The first kappa shape index (κ1) is 24.4. The Morgan fingerprint density at radius 1 is 1.25 bits per heavy atom. The van der Waals surface area contributed by atoms with Crippen LogP contribution in [0, 0.1) is 19.7 Å². The van der Waals surface area contributed by atoms with Gasteiger partial charge in [0.15, 0.2) is 6.10 Å². The van der Waals surface area contributed by atoms with E-state index in [0.29, 0.717) is 43.1 Å². The molecule has 190 valence electrons. The van der Waals surface area contributed by atoms with E-state index in [0.717, 1.165) is 41.1 Å². The molecule has 0 radical (unpaired) electrons. The first-order valence-electron chi connectivity index (χ1n) is 12.2. The summed E-state index contributed by atoms with van der Waals surface area (Å²) in [4.78, 5) is 17.7. The van der Waals surface area contributed by atoms with E-state index in [1.165, 1.54) is 12.1 Å². The Morgan fingerprint density at radius 3 is 2.67 bits per heavy atom. The van der Waals surface area contributed by atoms with E-state index in [9.17, 15) is 9.18 Å². The number of hydrogen-bond acceptors (Lipinski definition) is 6. The highest BCUT2D eigenvalue weighted by atomic mass is 19.1. The molecule has 3 aromatic rings. The van der Waals surface area contributed by atoms with Gasteiger partial charge < -0.3 is 19.5 Å². The molecule has 0 unspecified atom stereocenters. The van der Waals surface area contributed by atoms with Crippen molar-refractivity contribution in [2.24, 2.45) is 7.05 Å². The second kappa shape index (κ2) is 9.63. The number of carbonyl (C=O) groups is 1. The SMILES string of the molecule is COC1(c2ccc(NC(=O)[C@@H]3CCc4cc(F)cc(-c5c(C)nn(C)c5C)c4O3)cn2)CCOCC1. The Hall–Kier alpha value is -3.30. The number of hydrogen-bond donors (Lipinski definition) is 1. The lowest BCUT2D eigenvalue weighted by atomic mass is 9.90. The number of methoxy groups -OCH3 is 1. The normalized spacial score (nSPS) is 18.9. The summed E-state index contributed by atoms with van der Waals surface area (Å²) in [6.45, 7) is 5.07. The molecule has 2 aromatic heterocycles. The number of aryl methyl sites for hydroxylation is 3. The number of amides is 1.